The molecule has 4 heterocycles. The second-order valence-corrected chi connectivity index (χ2v) is 7.24. The molecule has 3 aromatic rings. The molecule has 0 N–H and O–H groups in total. The highest BCUT2D eigenvalue weighted by Crippen LogP contribution is 2.32. The van der Waals surface area contributed by atoms with Gasteiger partial charge in [-0.15, -0.1) is 0 Å². The first-order chi connectivity index (χ1) is 14.6. The lowest BCUT2D eigenvalue weighted by Gasteiger charge is -2.20. The van der Waals surface area contributed by atoms with E-state index in [-0.39, 0.29) is 18.0 Å². The third-order valence-corrected chi connectivity index (χ3v) is 5.41. The summed E-state index contributed by atoms with van der Waals surface area (Å²) in [6.45, 7) is 2.14. The number of aryl methyl sites for hydroxylation is 1. The second kappa shape index (κ2) is 6.87. The molecule has 0 bridgehead atoms. The third-order valence-electron chi connectivity index (χ3n) is 5.41. The molecule has 30 heavy (non-hydrogen) atoms. The Balaban J connectivity index is 1.43. The van der Waals surface area contributed by atoms with Crippen LogP contribution in [0.3, 0.4) is 0 Å². The topological polar surface area (TPSA) is 99.7 Å². The van der Waals surface area contributed by atoms with Crippen molar-refractivity contribution >= 4 is 23.1 Å². The normalized spacial score (nSPS) is 20.4. The number of rotatable bonds is 4. The number of aromatic nitrogens is 2. The highest BCUT2D eigenvalue weighted by molar-refractivity contribution is 6.25. The van der Waals surface area contributed by atoms with Crippen molar-refractivity contribution in [2.75, 3.05) is 4.90 Å². The Morgan fingerprint density at radius 1 is 1.00 bits per heavy atom. The van der Waals surface area contributed by atoms with Crippen molar-refractivity contribution in [3.8, 4) is 0 Å². The van der Waals surface area contributed by atoms with Crippen LogP contribution in [0, 0.1) is 0 Å². The van der Waals surface area contributed by atoms with Crippen LogP contribution in [0.1, 0.15) is 18.2 Å². The number of anilines is 1. The first-order valence-electron chi connectivity index (χ1n) is 9.68. The number of pyridine rings is 1. The Morgan fingerprint density at radius 2 is 1.80 bits per heavy atom. The molecule has 0 saturated carbocycles. The van der Waals surface area contributed by atoms with Crippen LogP contribution >= 0.6 is 0 Å². The maximum Gasteiger partial charge on any atom is 0.263 e. The first-order valence-corrected chi connectivity index (χ1v) is 9.68. The molecular formula is C21H18N6O3. The van der Waals surface area contributed by atoms with E-state index in [0.29, 0.717) is 17.0 Å². The molecule has 1 fully saturated rings. The molecular weight excluding hydrogens is 384 g/mol. The number of hydrogen-bond acceptors (Lipinski definition) is 7. The van der Waals surface area contributed by atoms with Crippen molar-refractivity contribution in [3.63, 3.8) is 0 Å². The first kappa shape index (κ1) is 18.2. The van der Waals surface area contributed by atoms with Gasteiger partial charge in [0.1, 0.15) is 5.65 Å². The molecule has 2 atom stereocenters. The maximum absolute atomic E-state index is 13.1. The third kappa shape index (κ3) is 2.78. The van der Waals surface area contributed by atoms with E-state index in [2.05, 4.69) is 15.3 Å². The summed E-state index contributed by atoms with van der Waals surface area (Å²) in [5, 5.41) is 9.49. The van der Waals surface area contributed by atoms with Crippen molar-refractivity contribution in [2.45, 2.75) is 32.0 Å². The van der Waals surface area contributed by atoms with Gasteiger partial charge in [-0.05, 0) is 36.2 Å². The molecule has 0 aliphatic carbocycles. The summed E-state index contributed by atoms with van der Waals surface area (Å²) in [5.74, 6) is -0.774. The van der Waals surface area contributed by atoms with Gasteiger partial charge in [0, 0.05) is 12.3 Å². The van der Waals surface area contributed by atoms with Gasteiger partial charge < -0.3 is 0 Å². The molecule has 2 aliphatic rings. The van der Waals surface area contributed by atoms with Crippen molar-refractivity contribution in [3.05, 3.63) is 76.3 Å². The van der Waals surface area contributed by atoms with Gasteiger partial charge in [0.25, 0.3) is 17.4 Å². The maximum atomic E-state index is 13.1. The van der Waals surface area contributed by atoms with Crippen LogP contribution in [0.25, 0.3) is 5.65 Å². The lowest BCUT2D eigenvalue weighted by Crippen LogP contribution is -2.39. The van der Waals surface area contributed by atoms with Crippen LogP contribution in [-0.2, 0) is 22.6 Å². The molecule has 150 valence electrons. The quantitative estimate of drug-likeness (QED) is 0.619. The molecule has 0 spiro atoms. The van der Waals surface area contributed by atoms with E-state index in [1.54, 1.807) is 36.5 Å². The van der Waals surface area contributed by atoms with Crippen LogP contribution in [0.5, 0.6) is 0 Å². The summed E-state index contributed by atoms with van der Waals surface area (Å²) in [4.78, 5) is 43.9. The Bertz CT molecular complexity index is 1250. The molecule has 1 saturated heterocycles. The van der Waals surface area contributed by atoms with Gasteiger partial charge in [0.2, 0.25) is 0 Å². The average molecular weight is 402 g/mol. The number of imide groups is 1. The molecule has 9 nitrogen and oxygen atoms in total. The minimum Gasteiger partial charge on any atom is -0.271 e. The molecule has 2 amide bonds. The molecule has 2 unspecified atom stereocenters. The lowest BCUT2D eigenvalue weighted by molar-refractivity contribution is -0.123. The predicted molar refractivity (Wildman–Crippen MR) is 108 cm³/mol. The monoisotopic (exact) mass is 402 g/mol. The minimum absolute atomic E-state index is 0.104. The number of amides is 2. The fraction of sp³-hybridized carbons (Fsp3) is 0.238. The van der Waals surface area contributed by atoms with E-state index < -0.39 is 18.0 Å². The van der Waals surface area contributed by atoms with Crippen LogP contribution in [-0.4, -0.2) is 38.3 Å². The number of nitrogens with zero attached hydrogens (tertiary/aromatic N) is 6. The van der Waals surface area contributed by atoms with Crippen LogP contribution in [0.15, 0.2) is 69.9 Å². The molecule has 2 aliphatic heterocycles. The number of carbonyl (C=O) groups is 2. The second-order valence-electron chi connectivity index (χ2n) is 7.24. The zero-order valence-electron chi connectivity index (χ0n) is 16.2. The summed E-state index contributed by atoms with van der Waals surface area (Å²) in [6, 6.07) is 12.3. The van der Waals surface area contributed by atoms with Gasteiger partial charge in [-0.3, -0.25) is 23.8 Å². The van der Waals surface area contributed by atoms with Crippen molar-refractivity contribution in [1.29, 1.82) is 0 Å². The number of benzene rings is 1. The van der Waals surface area contributed by atoms with Gasteiger partial charge in [-0.1, -0.05) is 30.3 Å². The van der Waals surface area contributed by atoms with Crippen LogP contribution in [0.4, 0.5) is 5.69 Å². The summed E-state index contributed by atoms with van der Waals surface area (Å²) < 4.78 is 1.43. The van der Waals surface area contributed by atoms with E-state index in [0.717, 1.165) is 12.0 Å². The molecule has 9 heteroatoms. The van der Waals surface area contributed by atoms with E-state index in [4.69, 9.17) is 0 Å². The Kier molecular flexibility index (Phi) is 4.16. The summed E-state index contributed by atoms with van der Waals surface area (Å²) in [7, 11) is 0. The zero-order valence-corrected chi connectivity index (χ0v) is 16.2. The summed E-state index contributed by atoms with van der Waals surface area (Å²) in [5.41, 5.74) is 2.37. The number of fused-ring (bicyclic) bond motifs is 2. The van der Waals surface area contributed by atoms with Crippen molar-refractivity contribution in [1.82, 2.24) is 14.4 Å². The highest BCUT2D eigenvalue weighted by atomic mass is 16.2. The standard InChI is InChI=1S/C21H18N6O3/c1-2-13-6-8-15(9-7-13)27-20(29)18-19(21(27)30)26(24-23-18)12-14-11-17(28)25-10-4-3-5-16(25)22-14/h3-11,18-19H,2,12H2,1H3. The average Bonchev–Trinajstić information content (AvgIpc) is 3.28. The Hall–Kier alpha value is -3.88. The molecule has 0 radical (unpaired) electrons. The van der Waals surface area contributed by atoms with Gasteiger partial charge in [-0.25, -0.2) is 9.88 Å². The Labute approximate surface area is 171 Å². The SMILES string of the molecule is CCc1ccc(N2C(=O)C3N=NN(Cc4cc(=O)n5ccccc5n4)C3C2=O)cc1. The molecule has 1 aromatic carbocycles. The van der Waals surface area contributed by atoms with Crippen LogP contribution in [0.2, 0.25) is 0 Å². The zero-order chi connectivity index (χ0) is 20.8. The number of carbonyl (C=O) groups excluding carboxylic acids is 2. The number of hydrogen-bond donors (Lipinski definition) is 0. The molecule has 2 aromatic heterocycles. The summed E-state index contributed by atoms with van der Waals surface area (Å²) >= 11 is 0. The van der Waals surface area contributed by atoms with Crippen molar-refractivity contribution in [2.24, 2.45) is 10.3 Å². The van der Waals surface area contributed by atoms with Gasteiger partial charge in [0.15, 0.2) is 12.1 Å². The van der Waals surface area contributed by atoms with Gasteiger partial charge >= 0.3 is 0 Å². The molecule has 5 rings (SSSR count). The fourth-order valence-corrected chi connectivity index (χ4v) is 3.84. The van der Waals surface area contributed by atoms with Crippen molar-refractivity contribution < 1.29 is 9.59 Å². The Morgan fingerprint density at radius 3 is 2.57 bits per heavy atom. The van der Waals surface area contributed by atoms with E-state index in [9.17, 15) is 14.4 Å². The predicted octanol–water partition coefficient (Wildman–Crippen LogP) is 1.75. The largest absolute Gasteiger partial charge is 0.271 e. The van der Waals surface area contributed by atoms with E-state index >= 15 is 0 Å². The van der Waals surface area contributed by atoms with Crippen LogP contribution < -0.4 is 10.5 Å². The minimum atomic E-state index is -0.884. The smallest absolute Gasteiger partial charge is 0.263 e. The van der Waals surface area contributed by atoms with Gasteiger partial charge in [0.05, 0.1) is 17.9 Å². The summed E-state index contributed by atoms with van der Waals surface area (Å²) in [6.07, 6.45) is 2.51. The van der Waals surface area contributed by atoms with E-state index in [1.807, 2.05) is 19.1 Å². The van der Waals surface area contributed by atoms with Gasteiger partial charge in [-0.2, -0.15) is 5.11 Å². The van der Waals surface area contributed by atoms with E-state index in [1.165, 1.54) is 20.4 Å². The fourth-order valence-electron chi connectivity index (χ4n) is 3.84. The highest BCUT2D eigenvalue weighted by Gasteiger charge is 2.54. The lowest BCUT2D eigenvalue weighted by atomic mass is 10.1.